The molecule has 0 aliphatic rings. The van der Waals surface area contributed by atoms with Crippen molar-refractivity contribution >= 4 is 38.2 Å². The van der Waals surface area contributed by atoms with Crippen molar-refractivity contribution < 1.29 is 44.3 Å². The maximum Gasteiger partial charge on any atom is 0.267 e. The number of H-pyrrole nitrogens is 1. The molecule has 3 heterocycles. The Morgan fingerprint density at radius 1 is 0.915 bits per heavy atom. The molecule has 0 fully saturated rings. The molecule has 3 aromatic carbocycles. The predicted octanol–water partition coefficient (Wildman–Crippen LogP) is 6.30. The minimum Gasteiger partial charge on any atom is -0.433 e. The van der Waals surface area contributed by atoms with E-state index >= 15 is 0 Å². The minimum atomic E-state index is -5.05. The molecule has 0 bridgehead atoms. The van der Waals surface area contributed by atoms with Crippen molar-refractivity contribution in [3.63, 3.8) is 0 Å². The number of hydrogen-bond donors (Lipinski definition) is 3. The Bertz CT molecular complexity index is 2320. The van der Waals surface area contributed by atoms with Gasteiger partial charge in [-0.2, -0.15) is 5.10 Å². The van der Waals surface area contributed by atoms with Crippen LogP contribution in [0.15, 0.2) is 71.9 Å². The number of pyridine rings is 1. The van der Waals surface area contributed by atoms with Gasteiger partial charge in [0.2, 0.25) is 17.4 Å². The van der Waals surface area contributed by atoms with Gasteiger partial charge < -0.3 is 15.5 Å². The Morgan fingerprint density at radius 2 is 1.60 bits per heavy atom. The number of nitrogens with one attached hydrogen (secondary N) is 2. The summed E-state index contributed by atoms with van der Waals surface area (Å²) < 4.78 is 118. The number of para-hydroxylation sites is 1. The summed E-state index contributed by atoms with van der Waals surface area (Å²) in [6.07, 6.45) is 2.42. The molecule has 0 aliphatic heterocycles. The van der Waals surface area contributed by atoms with E-state index in [0.29, 0.717) is 11.3 Å². The number of aryl methyl sites for hydroxylation is 1. The number of nitrogens with two attached hydrogens (primary N) is 1. The number of rotatable bonds is 8. The fraction of sp³-hybridized carbons (Fsp3) is 0.0333. The van der Waals surface area contributed by atoms with Crippen LogP contribution in [0.25, 0.3) is 16.6 Å². The van der Waals surface area contributed by atoms with Gasteiger partial charge in [0.1, 0.15) is 29.1 Å². The van der Waals surface area contributed by atoms with E-state index < -0.39 is 67.0 Å². The molecule has 6 rings (SSSR count). The van der Waals surface area contributed by atoms with Gasteiger partial charge in [-0.3, -0.25) is 9.52 Å². The van der Waals surface area contributed by atoms with Crippen LogP contribution in [0.4, 0.5) is 37.8 Å². The number of anilines is 2. The highest BCUT2D eigenvalue weighted by Crippen LogP contribution is 2.31. The number of aromatic amines is 1. The summed E-state index contributed by atoms with van der Waals surface area (Å²) in [6.45, 7) is 1.61. The van der Waals surface area contributed by atoms with Gasteiger partial charge in [-0.25, -0.2) is 44.4 Å². The second kappa shape index (κ2) is 11.5. The first-order valence-electron chi connectivity index (χ1n) is 13.2. The van der Waals surface area contributed by atoms with Crippen LogP contribution in [-0.4, -0.2) is 33.9 Å². The van der Waals surface area contributed by atoms with E-state index in [4.69, 9.17) is 10.5 Å². The van der Waals surface area contributed by atoms with Crippen LogP contribution in [0.2, 0.25) is 0 Å². The van der Waals surface area contributed by atoms with E-state index in [1.54, 1.807) is 11.6 Å². The van der Waals surface area contributed by atoms with Crippen molar-refractivity contribution in [2.45, 2.75) is 11.8 Å². The molecule has 0 atom stereocenters. The van der Waals surface area contributed by atoms with Crippen molar-refractivity contribution in [1.82, 2.24) is 19.7 Å². The molecule has 3 aromatic heterocycles. The van der Waals surface area contributed by atoms with Crippen molar-refractivity contribution in [2.24, 2.45) is 0 Å². The summed E-state index contributed by atoms with van der Waals surface area (Å²) in [6, 6.07) is 8.00. The zero-order chi connectivity index (χ0) is 33.8. The van der Waals surface area contributed by atoms with Gasteiger partial charge in [-0.05, 0) is 42.8 Å². The summed E-state index contributed by atoms with van der Waals surface area (Å²) in [5, 5.41) is 4.27. The molecule has 0 radical (unpaired) electrons. The molecule has 0 saturated heterocycles. The predicted molar refractivity (Wildman–Crippen MR) is 156 cm³/mol. The van der Waals surface area contributed by atoms with E-state index in [9.17, 15) is 39.6 Å². The maximum absolute atomic E-state index is 14.9. The number of benzene rings is 3. The zero-order valence-corrected chi connectivity index (χ0v) is 24.4. The third-order valence-corrected chi connectivity index (χ3v) is 8.31. The topological polar surface area (TPSA) is 145 Å². The molecular formula is C30H18F6N6O4S. The first-order valence-corrected chi connectivity index (χ1v) is 14.7. The lowest BCUT2D eigenvalue weighted by Crippen LogP contribution is -2.17. The lowest BCUT2D eigenvalue weighted by Gasteiger charge is -2.11. The Labute approximate surface area is 260 Å². The fourth-order valence-electron chi connectivity index (χ4n) is 4.69. The van der Waals surface area contributed by atoms with Gasteiger partial charge in [0.25, 0.3) is 10.0 Å². The number of hydrogen-bond acceptors (Lipinski definition) is 7. The average molecular weight is 673 g/mol. The third-order valence-electron chi connectivity index (χ3n) is 6.89. The quantitative estimate of drug-likeness (QED) is 0.127. The summed E-state index contributed by atoms with van der Waals surface area (Å²) >= 11 is 0. The molecule has 0 spiro atoms. The summed E-state index contributed by atoms with van der Waals surface area (Å²) in [5.74, 6) is -9.40. The molecule has 10 nitrogen and oxygen atoms in total. The number of fused-ring (bicyclic) bond motifs is 1. The molecule has 4 N–H and O–H groups in total. The molecular weight excluding hydrogens is 654 g/mol. The Balaban J connectivity index is 1.27. The summed E-state index contributed by atoms with van der Waals surface area (Å²) in [4.78, 5) is 18.6. The highest BCUT2D eigenvalue weighted by atomic mass is 32.2. The van der Waals surface area contributed by atoms with E-state index in [2.05, 4.69) is 15.1 Å². The Hall–Kier alpha value is -5.84. The van der Waals surface area contributed by atoms with E-state index in [1.165, 1.54) is 29.1 Å². The van der Waals surface area contributed by atoms with E-state index in [1.807, 2.05) is 0 Å². The number of ketones is 1. The Kier molecular flexibility index (Phi) is 7.63. The van der Waals surface area contributed by atoms with Crippen molar-refractivity contribution in [3.05, 3.63) is 119 Å². The number of aromatic nitrogens is 4. The highest BCUT2D eigenvalue weighted by Gasteiger charge is 2.27. The highest BCUT2D eigenvalue weighted by molar-refractivity contribution is 7.92. The molecule has 0 aliphatic carbocycles. The molecule has 240 valence electrons. The maximum atomic E-state index is 14.9. The molecule has 0 saturated carbocycles. The Morgan fingerprint density at radius 3 is 2.26 bits per heavy atom. The van der Waals surface area contributed by atoms with Crippen molar-refractivity contribution in [2.75, 3.05) is 10.5 Å². The second-order valence-corrected chi connectivity index (χ2v) is 11.7. The van der Waals surface area contributed by atoms with Crippen LogP contribution in [0.3, 0.4) is 0 Å². The molecule has 0 unspecified atom stereocenters. The lowest BCUT2D eigenvalue weighted by atomic mass is 10.1. The van der Waals surface area contributed by atoms with E-state index in [-0.39, 0.29) is 46.0 Å². The molecule has 0 amide bonds. The van der Waals surface area contributed by atoms with Crippen LogP contribution in [0.1, 0.15) is 21.6 Å². The minimum absolute atomic E-state index is 0.0559. The van der Waals surface area contributed by atoms with Crippen molar-refractivity contribution in [3.8, 4) is 17.3 Å². The summed E-state index contributed by atoms with van der Waals surface area (Å²) in [5.41, 5.74) is 6.13. The summed E-state index contributed by atoms with van der Waals surface area (Å²) in [7, 11) is -5.05. The van der Waals surface area contributed by atoms with Gasteiger partial charge in [0.15, 0.2) is 16.5 Å². The van der Waals surface area contributed by atoms with E-state index in [0.717, 1.165) is 30.5 Å². The number of nitrogen functional groups attached to an aromatic ring is 1. The first-order chi connectivity index (χ1) is 22.2. The normalized spacial score (nSPS) is 11.6. The number of nitrogens with zero attached hydrogens (tertiary/aromatic N) is 3. The number of carbonyl (C=O) groups is 1. The van der Waals surface area contributed by atoms with Crippen LogP contribution in [-0.2, 0) is 10.0 Å². The molecule has 47 heavy (non-hydrogen) atoms. The number of sulfonamides is 1. The number of carbonyl (C=O) groups excluding carboxylic acids is 1. The number of halogens is 6. The SMILES string of the molecule is Cc1cc(Oc2c(F)cccc2F)ncc1-n1ncc(C(=O)c2cc3cc(F)c(NS(=O)(=O)c4c(F)cc(F)cc4F)cc3[nH]2)c1N. The van der Waals surface area contributed by atoms with Gasteiger partial charge >= 0.3 is 0 Å². The van der Waals surface area contributed by atoms with Crippen LogP contribution in [0.5, 0.6) is 11.6 Å². The van der Waals surface area contributed by atoms with Crippen LogP contribution in [0, 0.1) is 41.8 Å². The standard InChI is InChI=1S/C30H18F6N6O4S/c1-13-5-26(46-28-17(32)3-2-4-18(28)33)38-12-25(13)42-30(37)16(11-39-42)27(43)24-7-14-6-19(34)23(10-22(14)40-24)41-47(44,45)29-20(35)8-15(31)9-21(29)36/h2-12,40-41H,37H2,1H3. The van der Waals surface area contributed by atoms with Gasteiger partial charge in [-0.15, -0.1) is 0 Å². The van der Waals surface area contributed by atoms with Gasteiger partial charge in [0, 0.05) is 29.1 Å². The van der Waals surface area contributed by atoms with Gasteiger partial charge in [0.05, 0.1) is 35.0 Å². The van der Waals surface area contributed by atoms with Crippen LogP contribution >= 0.6 is 0 Å². The number of ether oxygens (including phenoxy) is 1. The smallest absolute Gasteiger partial charge is 0.267 e. The van der Waals surface area contributed by atoms with Crippen molar-refractivity contribution in [1.29, 1.82) is 0 Å². The van der Waals surface area contributed by atoms with Crippen LogP contribution < -0.4 is 15.2 Å². The third kappa shape index (κ3) is 5.71. The van der Waals surface area contributed by atoms with Gasteiger partial charge in [-0.1, -0.05) is 6.07 Å². The molecule has 6 aromatic rings. The molecule has 17 heteroatoms. The zero-order valence-electron chi connectivity index (χ0n) is 23.6. The second-order valence-electron chi connectivity index (χ2n) is 10.1. The fourth-order valence-corrected chi connectivity index (χ4v) is 5.87. The lowest BCUT2D eigenvalue weighted by molar-refractivity contribution is 0.103. The largest absolute Gasteiger partial charge is 0.433 e. The first kappa shape index (κ1) is 31.2. The monoisotopic (exact) mass is 672 g/mol. The average Bonchev–Trinajstić information content (AvgIpc) is 3.57.